The van der Waals surface area contributed by atoms with E-state index >= 15 is 0 Å². The molecule has 0 N–H and O–H groups in total. The van der Waals surface area contributed by atoms with Crippen LogP contribution >= 0.6 is 0 Å². The average molecular weight is 326 g/mol. The minimum Gasteiger partial charge on any atom is -0.456 e. The third-order valence-corrected chi connectivity index (χ3v) is 4.44. The molecule has 2 aromatic carbocycles. The molecule has 25 heavy (non-hydrogen) atoms. The summed E-state index contributed by atoms with van der Waals surface area (Å²) in [6.45, 7) is 4.34. The van der Waals surface area contributed by atoms with Crippen LogP contribution in [0.1, 0.15) is 25.0 Å². The first-order valence-electron chi connectivity index (χ1n) is 8.47. The molecule has 4 rings (SSSR count). The Morgan fingerprint density at radius 1 is 1.08 bits per heavy atom. The minimum atomic E-state index is 0.468. The highest BCUT2D eigenvalue weighted by Crippen LogP contribution is 2.36. The van der Waals surface area contributed by atoms with E-state index in [-0.39, 0.29) is 0 Å². The van der Waals surface area contributed by atoms with Crippen LogP contribution in [0.5, 0.6) is 0 Å². The van der Waals surface area contributed by atoms with Crippen molar-refractivity contribution in [1.82, 2.24) is 4.98 Å². The van der Waals surface area contributed by atoms with Gasteiger partial charge in [0.25, 0.3) is 0 Å². The van der Waals surface area contributed by atoms with Gasteiger partial charge in [-0.05, 0) is 54.3 Å². The largest absolute Gasteiger partial charge is 0.456 e. The number of nitriles is 1. The molecule has 0 saturated carbocycles. The second-order valence-electron chi connectivity index (χ2n) is 6.70. The standard InChI is InChI=1S/C22H18N2O/c1-14(2)11-18-16(13-23)7-9-20-22(18)17-8-6-15(12-21(17)25-20)19-5-3-4-10-24-19/h3-10,12,14H,11H2,1-2H3. The van der Waals surface area contributed by atoms with E-state index in [9.17, 15) is 5.26 Å². The van der Waals surface area contributed by atoms with Crippen molar-refractivity contribution in [3.63, 3.8) is 0 Å². The molecule has 3 nitrogen and oxygen atoms in total. The molecule has 0 unspecified atom stereocenters. The summed E-state index contributed by atoms with van der Waals surface area (Å²) in [4.78, 5) is 4.41. The second-order valence-corrected chi connectivity index (χ2v) is 6.70. The summed E-state index contributed by atoms with van der Waals surface area (Å²) in [5.74, 6) is 0.468. The van der Waals surface area contributed by atoms with E-state index in [0.717, 1.165) is 50.7 Å². The summed E-state index contributed by atoms with van der Waals surface area (Å²) >= 11 is 0. The van der Waals surface area contributed by atoms with Crippen LogP contribution in [0.2, 0.25) is 0 Å². The van der Waals surface area contributed by atoms with Gasteiger partial charge in [-0.3, -0.25) is 4.98 Å². The van der Waals surface area contributed by atoms with Gasteiger partial charge >= 0.3 is 0 Å². The summed E-state index contributed by atoms with van der Waals surface area (Å²) in [7, 11) is 0. The van der Waals surface area contributed by atoms with Crippen LogP contribution in [-0.2, 0) is 6.42 Å². The van der Waals surface area contributed by atoms with Gasteiger partial charge in [0.05, 0.1) is 17.3 Å². The molecule has 0 atom stereocenters. The Bertz CT molecular complexity index is 1100. The predicted molar refractivity (Wildman–Crippen MR) is 100 cm³/mol. The number of nitrogens with zero attached hydrogens (tertiary/aromatic N) is 2. The fourth-order valence-electron chi connectivity index (χ4n) is 3.36. The highest BCUT2D eigenvalue weighted by Gasteiger charge is 2.16. The van der Waals surface area contributed by atoms with Crippen LogP contribution < -0.4 is 0 Å². The molecule has 122 valence electrons. The van der Waals surface area contributed by atoms with Crippen LogP contribution in [0.3, 0.4) is 0 Å². The maximum Gasteiger partial charge on any atom is 0.136 e. The van der Waals surface area contributed by atoms with Crippen molar-refractivity contribution in [2.45, 2.75) is 20.3 Å². The highest BCUT2D eigenvalue weighted by molar-refractivity contribution is 6.08. The smallest absolute Gasteiger partial charge is 0.136 e. The summed E-state index contributed by atoms with van der Waals surface area (Å²) in [5, 5.41) is 11.6. The molecule has 0 radical (unpaired) electrons. The van der Waals surface area contributed by atoms with Crippen molar-refractivity contribution in [3.05, 3.63) is 65.9 Å². The Balaban J connectivity index is 1.98. The van der Waals surface area contributed by atoms with Crippen molar-refractivity contribution < 1.29 is 4.42 Å². The Labute approximate surface area is 146 Å². The molecule has 2 heterocycles. The van der Waals surface area contributed by atoms with Gasteiger partial charge in [0.1, 0.15) is 11.2 Å². The summed E-state index contributed by atoms with van der Waals surface area (Å²) in [5.41, 5.74) is 5.43. The first-order chi connectivity index (χ1) is 12.2. The Kier molecular flexibility index (Phi) is 3.74. The topological polar surface area (TPSA) is 49.8 Å². The van der Waals surface area contributed by atoms with Crippen molar-refractivity contribution in [3.8, 4) is 17.3 Å². The molecular formula is C22H18N2O. The van der Waals surface area contributed by atoms with E-state index in [4.69, 9.17) is 4.42 Å². The summed E-state index contributed by atoms with van der Waals surface area (Å²) < 4.78 is 6.10. The lowest BCUT2D eigenvalue weighted by Crippen LogP contribution is -1.98. The van der Waals surface area contributed by atoms with Crippen LogP contribution in [0, 0.1) is 17.2 Å². The number of furan rings is 1. The molecule has 2 aromatic heterocycles. The van der Waals surface area contributed by atoms with Gasteiger partial charge in [-0.25, -0.2) is 0 Å². The van der Waals surface area contributed by atoms with Crippen LogP contribution in [0.15, 0.2) is 59.1 Å². The predicted octanol–water partition coefficient (Wildman–Crippen LogP) is 5.72. The van der Waals surface area contributed by atoms with E-state index in [1.54, 1.807) is 6.20 Å². The third kappa shape index (κ3) is 2.66. The SMILES string of the molecule is CC(C)Cc1c(C#N)ccc2oc3cc(-c4ccccn4)ccc3c12. The number of fused-ring (bicyclic) bond motifs is 3. The Hall–Kier alpha value is -3.12. The van der Waals surface area contributed by atoms with Gasteiger partial charge in [0, 0.05) is 22.5 Å². The number of hydrogen-bond acceptors (Lipinski definition) is 3. The highest BCUT2D eigenvalue weighted by atomic mass is 16.3. The molecule has 3 heteroatoms. The fraction of sp³-hybridized carbons (Fsp3) is 0.182. The zero-order valence-corrected chi connectivity index (χ0v) is 14.3. The molecular weight excluding hydrogens is 308 g/mol. The summed E-state index contributed by atoms with van der Waals surface area (Å²) in [6, 6.07) is 18.1. The zero-order valence-electron chi connectivity index (χ0n) is 14.3. The number of benzene rings is 2. The van der Waals surface area contributed by atoms with Crippen LogP contribution in [0.4, 0.5) is 0 Å². The monoisotopic (exact) mass is 326 g/mol. The van der Waals surface area contributed by atoms with Crippen LogP contribution in [0.25, 0.3) is 33.2 Å². The molecule has 0 saturated heterocycles. The van der Waals surface area contributed by atoms with E-state index in [2.05, 4.69) is 37.0 Å². The molecule has 0 fully saturated rings. The van der Waals surface area contributed by atoms with Gasteiger partial charge in [0.15, 0.2) is 0 Å². The molecule has 0 spiro atoms. The van der Waals surface area contributed by atoms with E-state index < -0.39 is 0 Å². The molecule has 0 aliphatic rings. The number of pyridine rings is 1. The lowest BCUT2D eigenvalue weighted by atomic mass is 9.93. The van der Waals surface area contributed by atoms with Gasteiger partial charge in [-0.1, -0.05) is 26.0 Å². The Morgan fingerprint density at radius 2 is 1.96 bits per heavy atom. The number of rotatable bonds is 3. The lowest BCUT2D eigenvalue weighted by molar-refractivity contribution is 0.647. The lowest BCUT2D eigenvalue weighted by Gasteiger charge is -2.08. The Morgan fingerprint density at radius 3 is 2.68 bits per heavy atom. The van der Waals surface area contributed by atoms with Gasteiger partial charge in [-0.15, -0.1) is 0 Å². The van der Waals surface area contributed by atoms with E-state index in [1.807, 2.05) is 36.4 Å². The quantitative estimate of drug-likeness (QED) is 0.484. The van der Waals surface area contributed by atoms with E-state index in [0.29, 0.717) is 5.92 Å². The van der Waals surface area contributed by atoms with Gasteiger partial charge in [-0.2, -0.15) is 5.26 Å². The van der Waals surface area contributed by atoms with Gasteiger partial charge < -0.3 is 4.42 Å². The average Bonchev–Trinajstić information content (AvgIpc) is 3.00. The first kappa shape index (κ1) is 15.4. The van der Waals surface area contributed by atoms with Crippen molar-refractivity contribution in [2.24, 2.45) is 5.92 Å². The van der Waals surface area contributed by atoms with Gasteiger partial charge in [0.2, 0.25) is 0 Å². The first-order valence-corrected chi connectivity index (χ1v) is 8.47. The maximum absolute atomic E-state index is 9.50. The molecule has 4 aromatic rings. The molecule has 0 bridgehead atoms. The van der Waals surface area contributed by atoms with Crippen molar-refractivity contribution in [2.75, 3.05) is 0 Å². The van der Waals surface area contributed by atoms with Crippen molar-refractivity contribution in [1.29, 1.82) is 5.26 Å². The minimum absolute atomic E-state index is 0.468. The third-order valence-electron chi connectivity index (χ3n) is 4.44. The maximum atomic E-state index is 9.50. The van der Waals surface area contributed by atoms with E-state index in [1.165, 1.54) is 0 Å². The molecule has 0 aliphatic heterocycles. The molecule has 0 amide bonds. The second kappa shape index (κ2) is 6.07. The summed E-state index contributed by atoms with van der Waals surface area (Å²) in [6.07, 6.45) is 2.65. The number of aromatic nitrogens is 1. The van der Waals surface area contributed by atoms with Crippen LogP contribution in [-0.4, -0.2) is 4.98 Å². The molecule has 0 aliphatic carbocycles. The zero-order chi connectivity index (χ0) is 17.4. The van der Waals surface area contributed by atoms with Crippen molar-refractivity contribution >= 4 is 21.9 Å². The normalized spacial score (nSPS) is 11.3. The number of hydrogen-bond donors (Lipinski definition) is 0. The fourth-order valence-corrected chi connectivity index (χ4v) is 3.36.